The SMILES string of the molecule is O=C(O)CCc1nnnn1C1CCC1. The van der Waals surface area contributed by atoms with Gasteiger partial charge in [0.2, 0.25) is 0 Å². The number of carbonyl (C=O) groups is 1. The van der Waals surface area contributed by atoms with E-state index >= 15 is 0 Å². The van der Waals surface area contributed by atoms with Crippen molar-refractivity contribution in [1.29, 1.82) is 0 Å². The van der Waals surface area contributed by atoms with Crippen LogP contribution in [0.3, 0.4) is 0 Å². The number of aromatic nitrogens is 4. The molecular formula is C8H12N4O2. The molecule has 0 saturated heterocycles. The van der Waals surface area contributed by atoms with Crippen LogP contribution in [0.25, 0.3) is 0 Å². The van der Waals surface area contributed by atoms with Gasteiger partial charge in [-0.05, 0) is 29.7 Å². The Balaban J connectivity index is 2.01. The molecule has 1 N–H and O–H groups in total. The van der Waals surface area contributed by atoms with Gasteiger partial charge in [0, 0.05) is 6.42 Å². The Morgan fingerprint density at radius 2 is 2.36 bits per heavy atom. The number of rotatable bonds is 4. The van der Waals surface area contributed by atoms with E-state index in [0.29, 0.717) is 18.3 Å². The molecule has 1 aliphatic rings. The quantitative estimate of drug-likeness (QED) is 0.754. The van der Waals surface area contributed by atoms with Crippen LogP contribution in [-0.4, -0.2) is 31.3 Å². The van der Waals surface area contributed by atoms with Gasteiger partial charge in [0.05, 0.1) is 12.5 Å². The van der Waals surface area contributed by atoms with Crippen molar-refractivity contribution in [3.05, 3.63) is 5.82 Å². The Labute approximate surface area is 80.9 Å². The van der Waals surface area contributed by atoms with E-state index in [1.54, 1.807) is 4.68 Å². The van der Waals surface area contributed by atoms with Crippen LogP contribution in [0.4, 0.5) is 0 Å². The second kappa shape index (κ2) is 3.73. The summed E-state index contributed by atoms with van der Waals surface area (Å²) in [6.45, 7) is 0. The van der Waals surface area contributed by atoms with Gasteiger partial charge in [-0.2, -0.15) is 0 Å². The van der Waals surface area contributed by atoms with E-state index in [4.69, 9.17) is 5.11 Å². The molecule has 0 bridgehead atoms. The maximum absolute atomic E-state index is 10.4. The van der Waals surface area contributed by atoms with Crippen molar-refractivity contribution in [2.45, 2.75) is 38.1 Å². The molecule has 0 amide bonds. The number of hydrogen-bond acceptors (Lipinski definition) is 4. The van der Waals surface area contributed by atoms with Crippen molar-refractivity contribution in [2.24, 2.45) is 0 Å². The highest BCUT2D eigenvalue weighted by atomic mass is 16.4. The van der Waals surface area contributed by atoms with Crippen molar-refractivity contribution in [3.8, 4) is 0 Å². The Morgan fingerprint density at radius 1 is 1.57 bits per heavy atom. The van der Waals surface area contributed by atoms with E-state index in [1.807, 2.05) is 0 Å². The van der Waals surface area contributed by atoms with Crippen LogP contribution in [0.2, 0.25) is 0 Å². The number of aryl methyl sites for hydroxylation is 1. The summed E-state index contributed by atoms with van der Waals surface area (Å²) < 4.78 is 1.77. The largest absolute Gasteiger partial charge is 0.481 e. The average Bonchev–Trinajstić information content (AvgIpc) is 2.46. The lowest BCUT2D eigenvalue weighted by molar-refractivity contribution is -0.137. The Kier molecular flexibility index (Phi) is 2.43. The number of nitrogens with zero attached hydrogens (tertiary/aromatic N) is 4. The first kappa shape index (κ1) is 9.11. The second-order valence-corrected chi connectivity index (χ2v) is 3.52. The minimum Gasteiger partial charge on any atom is -0.481 e. The highest BCUT2D eigenvalue weighted by molar-refractivity contribution is 5.66. The zero-order valence-electron chi connectivity index (χ0n) is 7.76. The molecule has 1 heterocycles. The first-order valence-electron chi connectivity index (χ1n) is 4.76. The van der Waals surface area contributed by atoms with E-state index in [2.05, 4.69) is 15.5 Å². The third kappa shape index (κ3) is 1.73. The van der Waals surface area contributed by atoms with Gasteiger partial charge in [-0.15, -0.1) is 5.10 Å². The summed E-state index contributed by atoms with van der Waals surface area (Å²) in [5.41, 5.74) is 0. The van der Waals surface area contributed by atoms with Gasteiger partial charge in [0.1, 0.15) is 0 Å². The molecule has 1 fully saturated rings. The van der Waals surface area contributed by atoms with Gasteiger partial charge < -0.3 is 5.11 Å². The maximum atomic E-state index is 10.4. The smallest absolute Gasteiger partial charge is 0.303 e. The summed E-state index contributed by atoms with van der Waals surface area (Å²) in [4.78, 5) is 10.4. The standard InChI is InChI=1S/C8H12N4O2/c13-8(14)5-4-7-9-10-11-12(7)6-2-1-3-6/h6H,1-5H2,(H,13,14). The fraction of sp³-hybridized carbons (Fsp3) is 0.750. The summed E-state index contributed by atoms with van der Waals surface area (Å²) in [7, 11) is 0. The van der Waals surface area contributed by atoms with E-state index in [-0.39, 0.29) is 6.42 Å². The van der Waals surface area contributed by atoms with Crippen molar-refractivity contribution in [2.75, 3.05) is 0 Å². The van der Waals surface area contributed by atoms with E-state index in [9.17, 15) is 4.79 Å². The summed E-state index contributed by atoms with van der Waals surface area (Å²) in [5.74, 6) is -0.120. The molecule has 1 saturated carbocycles. The van der Waals surface area contributed by atoms with E-state index in [0.717, 1.165) is 12.8 Å². The lowest BCUT2D eigenvalue weighted by Crippen LogP contribution is -2.21. The Morgan fingerprint density at radius 3 is 2.93 bits per heavy atom. The second-order valence-electron chi connectivity index (χ2n) is 3.52. The Hall–Kier alpha value is -1.46. The van der Waals surface area contributed by atoms with Crippen LogP contribution in [0.5, 0.6) is 0 Å². The van der Waals surface area contributed by atoms with Gasteiger partial charge in [0.15, 0.2) is 5.82 Å². The number of carboxylic acids is 1. The molecule has 1 aromatic rings. The van der Waals surface area contributed by atoms with E-state index in [1.165, 1.54) is 6.42 Å². The molecule has 0 aliphatic heterocycles. The van der Waals surface area contributed by atoms with Crippen LogP contribution >= 0.6 is 0 Å². The predicted molar refractivity (Wildman–Crippen MR) is 46.7 cm³/mol. The number of aliphatic carboxylic acids is 1. The molecular weight excluding hydrogens is 184 g/mol. The monoisotopic (exact) mass is 196 g/mol. The molecule has 76 valence electrons. The zero-order chi connectivity index (χ0) is 9.97. The van der Waals surface area contributed by atoms with E-state index < -0.39 is 5.97 Å². The predicted octanol–water partition coefficient (Wildman–Crippen LogP) is 0.415. The Bertz CT molecular complexity index is 332. The summed E-state index contributed by atoms with van der Waals surface area (Å²) in [6, 6.07) is 0.397. The highest BCUT2D eigenvalue weighted by Crippen LogP contribution is 2.31. The molecule has 0 aromatic carbocycles. The summed E-state index contributed by atoms with van der Waals surface area (Å²) in [6.07, 6.45) is 3.92. The lowest BCUT2D eigenvalue weighted by Gasteiger charge is -2.25. The third-order valence-electron chi connectivity index (χ3n) is 2.54. The lowest BCUT2D eigenvalue weighted by atomic mass is 9.93. The molecule has 6 heteroatoms. The van der Waals surface area contributed by atoms with Gasteiger partial charge >= 0.3 is 5.97 Å². The van der Waals surface area contributed by atoms with Gasteiger partial charge in [-0.25, -0.2) is 4.68 Å². The van der Waals surface area contributed by atoms with Crippen LogP contribution in [-0.2, 0) is 11.2 Å². The van der Waals surface area contributed by atoms with Crippen molar-refractivity contribution in [1.82, 2.24) is 20.2 Å². The molecule has 14 heavy (non-hydrogen) atoms. The zero-order valence-corrected chi connectivity index (χ0v) is 7.76. The van der Waals surface area contributed by atoms with Crippen molar-refractivity contribution < 1.29 is 9.90 Å². The highest BCUT2D eigenvalue weighted by Gasteiger charge is 2.23. The van der Waals surface area contributed by atoms with Crippen molar-refractivity contribution in [3.63, 3.8) is 0 Å². The number of carboxylic acid groups (broad SMARTS) is 1. The first-order chi connectivity index (χ1) is 6.77. The van der Waals surface area contributed by atoms with Crippen LogP contribution in [0.15, 0.2) is 0 Å². The van der Waals surface area contributed by atoms with Gasteiger partial charge in [-0.3, -0.25) is 4.79 Å². The fourth-order valence-corrected chi connectivity index (χ4v) is 1.51. The van der Waals surface area contributed by atoms with Crippen LogP contribution < -0.4 is 0 Å². The molecule has 2 rings (SSSR count). The molecule has 6 nitrogen and oxygen atoms in total. The molecule has 1 aromatic heterocycles. The summed E-state index contributed by atoms with van der Waals surface area (Å²) >= 11 is 0. The molecule has 1 aliphatic carbocycles. The maximum Gasteiger partial charge on any atom is 0.303 e. The number of hydrogen-bond donors (Lipinski definition) is 1. The first-order valence-corrected chi connectivity index (χ1v) is 4.76. The molecule has 0 atom stereocenters. The normalized spacial score (nSPS) is 16.6. The van der Waals surface area contributed by atoms with Crippen LogP contribution in [0.1, 0.15) is 37.5 Å². The minimum absolute atomic E-state index is 0.0904. The molecule has 0 radical (unpaired) electrons. The average molecular weight is 196 g/mol. The van der Waals surface area contributed by atoms with Crippen LogP contribution in [0, 0.1) is 0 Å². The fourth-order valence-electron chi connectivity index (χ4n) is 1.51. The van der Waals surface area contributed by atoms with Crippen molar-refractivity contribution >= 4 is 5.97 Å². The number of tetrazole rings is 1. The summed E-state index contributed by atoms with van der Waals surface area (Å²) in [5, 5.41) is 19.8. The minimum atomic E-state index is -0.812. The van der Waals surface area contributed by atoms with Gasteiger partial charge in [0.25, 0.3) is 0 Å². The molecule has 0 unspecified atom stereocenters. The third-order valence-corrected chi connectivity index (χ3v) is 2.54. The molecule has 0 spiro atoms. The topological polar surface area (TPSA) is 80.9 Å². The van der Waals surface area contributed by atoms with Gasteiger partial charge in [-0.1, -0.05) is 0 Å².